The number of carbonyl (C=O) groups is 1. The van der Waals surface area contributed by atoms with E-state index in [0.29, 0.717) is 28.9 Å². The summed E-state index contributed by atoms with van der Waals surface area (Å²) < 4.78 is 18.0. The zero-order valence-electron chi connectivity index (χ0n) is 20.3. The van der Waals surface area contributed by atoms with Crippen LogP contribution in [0.5, 0.6) is 0 Å². The number of amides is 1. The molecule has 2 bridgehead atoms. The summed E-state index contributed by atoms with van der Waals surface area (Å²) in [5, 5.41) is 6.71. The molecule has 3 aliphatic rings. The molecule has 3 aliphatic heterocycles. The van der Waals surface area contributed by atoms with Crippen LogP contribution in [-0.2, 0) is 0 Å². The molecule has 0 spiro atoms. The Morgan fingerprint density at radius 2 is 1.97 bits per heavy atom. The second kappa shape index (κ2) is 8.64. The van der Waals surface area contributed by atoms with Gasteiger partial charge in [-0.3, -0.25) is 9.20 Å². The highest BCUT2D eigenvalue weighted by molar-refractivity contribution is 7.23. The van der Waals surface area contributed by atoms with Gasteiger partial charge in [0.05, 0.1) is 15.9 Å². The van der Waals surface area contributed by atoms with Gasteiger partial charge in [0.1, 0.15) is 5.82 Å². The molecule has 5 heterocycles. The molecule has 2 aromatic heterocycles. The van der Waals surface area contributed by atoms with Gasteiger partial charge in [-0.1, -0.05) is 17.4 Å². The number of rotatable bonds is 4. The fourth-order valence-corrected chi connectivity index (χ4v) is 7.54. The van der Waals surface area contributed by atoms with Crippen molar-refractivity contribution in [2.24, 2.45) is 0 Å². The number of nitrogens with zero attached hydrogens (tertiary/aromatic N) is 3. The Balaban J connectivity index is 1.12. The van der Waals surface area contributed by atoms with Crippen molar-refractivity contribution in [1.82, 2.24) is 24.9 Å². The van der Waals surface area contributed by atoms with E-state index >= 15 is 4.39 Å². The topological polar surface area (TPSA) is 61.7 Å². The summed E-state index contributed by atoms with van der Waals surface area (Å²) in [6.45, 7) is 0.987. The van der Waals surface area contributed by atoms with Gasteiger partial charge in [-0.2, -0.15) is 0 Å². The number of thiazole rings is 1. The first-order chi connectivity index (χ1) is 17.5. The molecular weight excluding hydrogens is 473 g/mol. The quantitative estimate of drug-likeness (QED) is 0.405. The van der Waals surface area contributed by atoms with Crippen LogP contribution in [0.1, 0.15) is 60.5 Å². The van der Waals surface area contributed by atoms with Crippen molar-refractivity contribution in [2.45, 2.75) is 62.7 Å². The molecular formula is C28H30FN5OS. The first-order valence-electron chi connectivity index (χ1n) is 13.0. The van der Waals surface area contributed by atoms with E-state index < -0.39 is 0 Å². The molecule has 3 fully saturated rings. The highest BCUT2D eigenvalue weighted by Crippen LogP contribution is 2.35. The summed E-state index contributed by atoms with van der Waals surface area (Å²) in [5.41, 5.74) is 3.81. The Morgan fingerprint density at radius 3 is 2.72 bits per heavy atom. The fourth-order valence-electron chi connectivity index (χ4n) is 6.50. The van der Waals surface area contributed by atoms with Crippen molar-refractivity contribution in [3.8, 4) is 11.3 Å². The lowest BCUT2D eigenvalue weighted by Gasteiger charge is -2.36. The van der Waals surface area contributed by atoms with Crippen LogP contribution in [0.2, 0.25) is 0 Å². The largest absolute Gasteiger partial charge is 0.349 e. The summed E-state index contributed by atoms with van der Waals surface area (Å²) in [6.07, 6.45) is 8.61. The molecule has 8 heteroatoms. The zero-order chi connectivity index (χ0) is 24.4. The average Bonchev–Trinajstić information content (AvgIpc) is 3.63. The first kappa shape index (κ1) is 22.4. The van der Waals surface area contributed by atoms with Crippen LogP contribution < -0.4 is 10.6 Å². The predicted octanol–water partition coefficient (Wildman–Crippen LogP) is 5.13. The van der Waals surface area contributed by atoms with E-state index in [4.69, 9.17) is 4.98 Å². The monoisotopic (exact) mass is 503 g/mol. The smallest absolute Gasteiger partial charge is 0.251 e. The number of hydrogen-bond donors (Lipinski definition) is 2. The van der Waals surface area contributed by atoms with Gasteiger partial charge in [-0.05, 0) is 88.0 Å². The number of fused-ring (bicyclic) bond motifs is 5. The van der Waals surface area contributed by atoms with E-state index in [-0.39, 0.29) is 23.8 Å². The summed E-state index contributed by atoms with van der Waals surface area (Å²) in [6, 6.07) is 13.0. The fraction of sp³-hybridized carbons (Fsp3) is 0.429. The van der Waals surface area contributed by atoms with Gasteiger partial charge in [0.2, 0.25) is 0 Å². The maximum atomic E-state index is 15.0. The second-order valence-corrected chi connectivity index (χ2v) is 11.7. The zero-order valence-corrected chi connectivity index (χ0v) is 21.2. The van der Waals surface area contributed by atoms with Crippen LogP contribution in [0.15, 0.2) is 42.6 Å². The third-order valence-corrected chi connectivity index (χ3v) is 9.54. The maximum Gasteiger partial charge on any atom is 0.251 e. The SMILES string of the molecule is CN1C2CCC1CC(NC(=O)c1ccc3c(c1)sc1nc(-c4ccc(C5CCCN5)cc4F)cn13)C2. The minimum Gasteiger partial charge on any atom is -0.349 e. The van der Waals surface area contributed by atoms with Crippen molar-refractivity contribution in [3.05, 3.63) is 59.5 Å². The van der Waals surface area contributed by atoms with E-state index in [9.17, 15) is 4.79 Å². The number of carbonyl (C=O) groups excluding carboxylic acids is 1. The number of benzene rings is 2. The Hall–Kier alpha value is -2.81. The third kappa shape index (κ3) is 3.74. The molecule has 7 rings (SSSR count). The van der Waals surface area contributed by atoms with E-state index in [1.807, 2.05) is 40.9 Å². The van der Waals surface area contributed by atoms with Crippen molar-refractivity contribution in [1.29, 1.82) is 0 Å². The lowest BCUT2D eigenvalue weighted by molar-refractivity contribution is 0.0882. The standard InChI is InChI=1S/C28H30FN5OS/c1-33-19-6-7-20(33)14-18(13-19)31-27(35)17-5-9-25-26(12-17)36-28-32-24(15-34(25)28)21-8-4-16(11-22(21)29)23-3-2-10-30-23/h4-5,8-9,11-12,15,18-20,23,30H,2-3,6-7,10,13-14H2,1H3,(H,31,35). The summed E-state index contributed by atoms with van der Waals surface area (Å²) in [5.74, 6) is -0.242. The number of nitrogens with one attached hydrogen (secondary N) is 2. The Morgan fingerprint density at radius 1 is 1.14 bits per heavy atom. The number of aromatic nitrogens is 2. The maximum absolute atomic E-state index is 15.0. The van der Waals surface area contributed by atoms with Gasteiger partial charge in [0.15, 0.2) is 4.96 Å². The normalized spacial score (nSPS) is 26.3. The Bertz CT molecular complexity index is 1460. The molecule has 3 unspecified atom stereocenters. The minimum absolute atomic E-state index is 0.00324. The summed E-state index contributed by atoms with van der Waals surface area (Å²) >= 11 is 1.53. The van der Waals surface area contributed by atoms with Crippen LogP contribution in [0.25, 0.3) is 26.4 Å². The highest BCUT2D eigenvalue weighted by atomic mass is 32.1. The average molecular weight is 504 g/mol. The van der Waals surface area contributed by atoms with Gasteiger partial charge >= 0.3 is 0 Å². The predicted molar refractivity (Wildman–Crippen MR) is 141 cm³/mol. The van der Waals surface area contributed by atoms with Gasteiger partial charge < -0.3 is 15.5 Å². The van der Waals surface area contributed by atoms with Gasteiger partial charge in [-0.25, -0.2) is 9.37 Å². The third-order valence-electron chi connectivity index (χ3n) is 8.52. The van der Waals surface area contributed by atoms with Gasteiger partial charge in [0, 0.05) is 41.5 Å². The molecule has 0 saturated carbocycles. The number of hydrogen-bond acceptors (Lipinski definition) is 5. The number of imidazole rings is 1. The van der Waals surface area contributed by atoms with Crippen LogP contribution in [-0.4, -0.2) is 51.9 Å². The summed E-state index contributed by atoms with van der Waals surface area (Å²) in [4.78, 5) is 21.0. The summed E-state index contributed by atoms with van der Waals surface area (Å²) in [7, 11) is 2.21. The van der Waals surface area contributed by atoms with Gasteiger partial charge in [0.25, 0.3) is 5.91 Å². The molecule has 3 saturated heterocycles. The van der Waals surface area contributed by atoms with Crippen molar-refractivity contribution in [2.75, 3.05) is 13.6 Å². The van der Waals surface area contributed by atoms with E-state index in [2.05, 4.69) is 22.6 Å². The second-order valence-electron chi connectivity index (χ2n) is 10.6. The molecule has 4 aromatic rings. The van der Waals surface area contributed by atoms with Crippen molar-refractivity contribution < 1.29 is 9.18 Å². The van der Waals surface area contributed by atoms with E-state index in [1.165, 1.54) is 24.2 Å². The van der Waals surface area contributed by atoms with E-state index in [0.717, 1.165) is 53.0 Å². The van der Waals surface area contributed by atoms with Crippen LogP contribution in [0.4, 0.5) is 4.39 Å². The molecule has 1 amide bonds. The van der Waals surface area contributed by atoms with Gasteiger partial charge in [-0.15, -0.1) is 0 Å². The minimum atomic E-state index is -0.238. The highest BCUT2D eigenvalue weighted by Gasteiger charge is 2.38. The molecule has 186 valence electrons. The van der Waals surface area contributed by atoms with Crippen LogP contribution in [0, 0.1) is 5.82 Å². The molecule has 3 atom stereocenters. The Labute approximate surface area is 213 Å². The first-order valence-corrected chi connectivity index (χ1v) is 13.8. The van der Waals surface area contributed by atoms with E-state index in [1.54, 1.807) is 6.07 Å². The Kier molecular flexibility index (Phi) is 5.38. The molecule has 0 radical (unpaired) electrons. The molecule has 2 aromatic carbocycles. The van der Waals surface area contributed by atoms with Crippen molar-refractivity contribution >= 4 is 32.4 Å². The molecule has 2 N–H and O–H groups in total. The van der Waals surface area contributed by atoms with Crippen LogP contribution in [0.3, 0.4) is 0 Å². The lowest BCUT2D eigenvalue weighted by atomic mass is 9.97. The molecule has 36 heavy (non-hydrogen) atoms. The van der Waals surface area contributed by atoms with Crippen molar-refractivity contribution in [3.63, 3.8) is 0 Å². The number of piperidine rings is 1. The number of halogens is 1. The molecule has 0 aliphatic carbocycles. The van der Waals surface area contributed by atoms with Crippen LogP contribution >= 0.6 is 11.3 Å². The molecule has 6 nitrogen and oxygen atoms in total. The lowest BCUT2D eigenvalue weighted by Crippen LogP contribution is -2.48.